The Balaban J connectivity index is 1.23. The van der Waals surface area contributed by atoms with Crippen LogP contribution in [0, 0.1) is 5.92 Å². The number of allylic oxidation sites excluding steroid dienone is 5. The molecule has 0 amide bonds. The number of hydrogen-bond acceptors (Lipinski definition) is 0. The van der Waals surface area contributed by atoms with E-state index in [1.165, 1.54) is 50.1 Å². The first-order valence-corrected chi connectivity index (χ1v) is 14.0. The van der Waals surface area contributed by atoms with E-state index in [0.29, 0.717) is 5.92 Å². The van der Waals surface area contributed by atoms with Crippen LogP contribution < -0.4 is 0 Å². The van der Waals surface area contributed by atoms with E-state index >= 15 is 0 Å². The lowest BCUT2D eigenvalue weighted by atomic mass is 9.88. The molecule has 0 bridgehead atoms. The molecule has 5 aromatic rings. The highest BCUT2D eigenvalue weighted by Crippen LogP contribution is 2.31. The second kappa shape index (κ2) is 12.3. The van der Waals surface area contributed by atoms with Gasteiger partial charge in [-0.05, 0) is 68.5 Å². The molecule has 0 heterocycles. The molecule has 1 aliphatic rings. The first-order valence-electron chi connectivity index (χ1n) is 14.0. The molecule has 0 fully saturated rings. The van der Waals surface area contributed by atoms with Crippen LogP contribution in [0.1, 0.15) is 39.8 Å². The van der Waals surface area contributed by atoms with E-state index < -0.39 is 0 Å². The van der Waals surface area contributed by atoms with Crippen LogP contribution >= 0.6 is 0 Å². The molecule has 40 heavy (non-hydrogen) atoms. The van der Waals surface area contributed by atoms with Gasteiger partial charge in [0.25, 0.3) is 0 Å². The Morgan fingerprint density at radius 1 is 0.500 bits per heavy atom. The monoisotopic (exact) mass is 512 g/mol. The van der Waals surface area contributed by atoms with Crippen LogP contribution in [-0.4, -0.2) is 0 Å². The molecule has 0 saturated carbocycles. The van der Waals surface area contributed by atoms with E-state index in [9.17, 15) is 0 Å². The van der Waals surface area contributed by atoms with Crippen molar-refractivity contribution in [3.8, 4) is 0 Å². The topological polar surface area (TPSA) is 0 Å². The van der Waals surface area contributed by atoms with Crippen LogP contribution in [0.5, 0.6) is 0 Å². The summed E-state index contributed by atoms with van der Waals surface area (Å²) < 4.78 is 0. The molecule has 0 spiro atoms. The lowest BCUT2D eigenvalue weighted by Crippen LogP contribution is -1.99. The average molecular weight is 513 g/mol. The van der Waals surface area contributed by atoms with Gasteiger partial charge < -0.3 is 0 Å². The molecule has 192 valence electrons. The van der Waals surface area contributed by atoms with Gasteiger partial charge in [0.15, 0.2) is 0 Å². The van der Waals surface area contributed by atoms with Gasteiger partial charge in [0.1, 0.15) is 0 Å². The van der Waals surface area contributed by atoms with Crippen molar-refractivity contribution in [1.29, 1.82) is 0 Å². The third-order valence-corrected chi connectivity index (χ3v) is 7.41. The second-order valence-corrected chi connectivity index (χ2v) is 10.1. The minimum Gasteiger partial charge on any atom is -0.0767 e. The highest BCUT2D eigenvalue weighted by molar-refractivity contribution is 5.91. The van der Waals surface area contributed by atoms with Gasteiger partial charge in [-0.15, -0.1) is 0 Å². The van der Waals surface area contributed by atoms with Gasteiger partial charge in [0.05, 0.1) is 0 Å². The summed E-state index contributed by atoms with van der Waals surface area (Å²) in [5.41, 5.74) is 11.2. The van der Waals surface area contributed by atoms with E-state index in [-0.39, 0.29) is 0 Å². The number of hydrogen-bond donors (Lipinski definition) is 0. The van der Waals surface area contributed by atoms with E-state index in [4.69, 9.17) is 0 Å². The maximum atomic E-state index is 2.41. The van der Waals surface area contributed by atoms with Gasteiger partial charge in [0, 0.05) is 0 Å². The normalized spacial score (nSPS) is 14.2. The Morgan fingerprint density at radius 2 is 0.950 bits per heavy atom. The second-order valence-electron chi connectivity index (χ2n) is 10.1. The van der Waals surface area contributed by atoms with Gasteiger partial charge >= 0.3 is 0 Å². The third-order valence-electron chi connectivity index (χ3n) is 7.41. The summed E-state index contributed by atoms with van der Waals surface area (Å²) in [6.45, 7) is 0. The molecular weight excluding hydrogens is 480 g/mol. The molecule has 1 unspecified atom stereocenters. The Morgan fingerprint density at radius 3 is 1.38 bits per heavy atom. The van der Waals surface area contributed by atoms with Crippen molar-refractivity contribution in [1.82, 2.24) is 0 Å². The smallest absolute Gasteiger partial charge is 0.000588 e. The standard InChI is InChI=1S/C40H32/c1-5-13-35(14-6-1)39(36-15-7-2-8-16-36)29-31-21-25-33(26-22-31)34-27-23-32(24-28-34)30-40(37-17-9-3-10-18-37)38-19-11-4-12-20-38/h1-23,25-30,32H,24H2. The first-order chi connectivity index (χ1) is 19.8. The number of rotatable bonds is 7. The highest BCUT2D eigenvalue weighted by Gasteiger charge is 2.12. The van der Waals surface area contributed by atoms with E-state index in [1.807, 2.05) is 0 Å². The summed E-state index contributed by atoms with van der Waals surface area (Å²) in [7, 11) is 0. The molecule has 0 heteroatoms. The van der Waals surface area contributed by atoms with Crippen LogP contribution in [0.2, 0.25) is 0 Å². The summed E-state index contributed by atoms with van der Waals surface area (Å²) in [6.07, 6.45) is 12.7. The maximum Gasteiger partial charge on any atom is -0.000588 e. The SMILES string of the molecule is C1=CC(C=C(c2ccccc2)c2ccccc2)CC=C1c1ccc(C=C(c2ccccc2)c2ccccc2)cc1. The average Bonchev–Trinajstić information content (AvgIpc) is 3.05. The molecular formula is C40H32. The van der Waals surface area contributed by atoms with Gasteiger partial charge in [-0.3, -0.25) is 0 Å². The summed E-state index contributed by atoms with van der Waals surface area (Å²) in [5, 5.41) is 0. The largest absolute Gasteiger partial charge is 0.0767 e. The molecule has 0 radical (unpaired) electrons. The molecule has 0 aromatic heterocycles. The van der Waals surface area contributed by atoms with E-state index in [2.05, 4.69) is 176 Å². The first kappa shape index (κ1) is 25.3. The fraction of sp³-hybridized carbons (Fsp3) is 0.0500. The van der Waals surface area contributed by atoms with Crippen LogP contribution in [0.15, 0.2) is 170 Å². The lowest BCUT2D eigenvalue weighted by molar-refractivity contribution is 0.826. The molecule has 1 aliphatic carbocycles. The molecule has 0 saturated heterocycles. The van der Waals surface area contributed by atoms with Crippen LogP contribution in [0.4, 0.5) is 0 Å². The zero-order valence-corrected chi connectivity index (χ0v) is 22.5. The van der Waals surface area contributed by atoms with Crippen LogP contribution in [-0.2, 0) is 0 Å². The Bertz CT molecular complexity index is 1570. The molecule has 0 N–H and O–H groups in total. The summed E-state index contributed by atoms with van der Waals surface area (Å²) in [5.74, 6) is 0.362. The predicted molar refractivity (Wildman–Crippen MR) is 171 cm³/mol. The van der Waals surface area contributed by atoms with Crippen molar-refractivity contribution >= 4 is 22.8 Å². The molecule has 1 atom stereocenters. The van der Waals surface area contributed by atoms with Crippen molar-refractivity contribution in [2.75, 3.05) is 0 Å². The predicted octanol–water partition coefficient (Wildman–Crippen LogP) is 10.4. The Labute approximate surface area is 238 Å². The summed E-state index contributed by atoms with van der Waals surface area (Å²) in [6, 6.07) is 51.6. The molecule has 0 nitrogen and oxygen atoms in total. The Hall–Kier alpha value is -4.94. The van der Waals surface area contributed by atoms with Crippen molar-refractivity contribution in [3.05, 3.63) is 203 Å². The molecule has 6 rings (SSSR count). The summed E-state index contributed by atoms with van der Waals surface area (Å²) in [4.78, 5) is 0. The number of benzene rings is 5. The maximum absolute atomic E-state index is 2.41. The van der Waals surface area contributed by atoms with Crippen LogP contribution in [0.3, 0.4) is 0 Å². The third kappa shape index (κ3) is 6.03. The van der Waals surface area contributed by atoms with Crippen molar-refractivity contribution in [2.45, 2.75) is 6.42 Å². The quantitative estimate of drug-likeness (QED) is 0.190. The van der Waals surface area contributed by atoms with Gasteiger partial charge in [-0.25, -0.2) is 0 Å². The van der Waals surface area contributed by atoms with Crippen molar-refractivity contribution in [3.63, 3.8) is 0 Å². The zero-order chi connectivity index (χ0) is 27.0. The fourth-order valence-electron chi connectivity index (χ4n) is 5.29. The van der Waals surface area contributed by atoms with Crippen molar-refractivity contribution in [2.24, 2.45) is 5.92 Å². The van der Waals surface area contributed by atoms with E-state index in [1.54, 1.807) is 0 Å². The minimum atomic E-state index is 0.362. The summed E-state index contributed by atoms with van der Waals surface area (Å²) >= 11 is 0. The van der Waals surface area contributed by atoms with Crippen molar-refractivity contribution < 1.29 is 0 Å². The van der Waals surface area contributed by atoms with Gasteiger partial charge in [0.2, 0.25) is 0 Å². The minimum absolute atomic E-state index is 0.362. The van der Waals surface area contributed by atoms with E-state index in [0.717, 1.165) is 6.42 Å². The zero-order valence-electron chi connectivity index (χ0n) is 22.5. The molecule has 0 aliphatic heterocycles. The highest BCUT2D eigenvalue weighted by atomic mass is 14.2. The van der Waals surface area contributed by atoms with Gasteiger partial charge in [-0.1, -0.05) is 170 Å². The van der Waals surface area contributed by atoms with Crippen LogP contribution in [0.25, 0.3) is 22.8 Å². The molecule has 5 aromatic carbocycles. The van der Waals surface area contributed by atoms with Gasteiger partial charge in [-0.2, -0.15) is 0 Å². The lowest BCUT2D eigenvalue weighted by Gasteiger charge is -2.17. The Kier molecular flexibility index (Phi) is 7.78. The fourth-order valence-corrected chi connectivity index (χ4v) is 5.29.